The fraction of sp³-hybridized carbons (Fsp3) is 0.316. The lowest BCUT2D eigenvalue weighted by Gasteiger charge is -2.19. The zero-order valence-corrected chi connectivity index (χ0v) is 16.7. The fourth-order valence-corrected chi connectivity index (χ4v) is 3.85. The monoisotopic (exact) mass is 392 g/mol. The molecule has 8 heteroatoms. The molecule has 146 valence electrons. The molecule has 1 amide bonds. The summed E-state index contributed by atoms with van der Waals surface area (Å²) in [7, 11) is -1.14. The number of amides is 1. The Bertz CT molecular complexity index is 912. The maximum atomic E-state index is 12.9. The van der Waals surface area contributed by atoms with Crippen LogP contribution in [0, 0.1) is 6.92 Å². The van der Waals surface area contributed by atoms with Gasteiger partial charge >= 0.3 is 0 Å². The van der Waals surface area contributed by atoms with Crippen molar-refractivity contribution in [3.05, 3.63) is 48.0 Å². The van der Waals surface area contributed by atoms with Crippen LogP contribution in [0.25, 0.3) is 0 Å². The molecule has 27 heavy (non-hydrogen) atoms. The van der Waals surface area contributed by atoms with Gasteiger partial charge in [0.05, 0.1) is 25.9 Å². The van der Waals surface area contributed by atoms with Gasteiger partial charge in [-0.1, -0.05) is 18.2 Å². The lowest BCUT2D eigenvalue weighted by atomic mass is 10.2. The first-order valence-corrected chi connectivity index (χ1v) is 9.86. The average Bonchev–Trinajstić information content (AvgIpc) is 2.63. The molecule has 0 bridgehead atoms. The Labute approximate surface area is 160 Å². The summed E-state index contributed by atoms with van der Waals surface area (Å²) in [6, 6.07) is 11.9. The van der Waals surface area contributed by atoms with E-state index in [2.05, 4.69) is 5.32 Å². The van der Waals surface area contributed by atoms with E-state index in [0.717, 1.165) is 9.87 Å². The Balaban J connectivity index is 2.18. The predicted octanol–water partition coefficient (Wildman–Crippen LogP) is 2.66. The number of hydrogen-bond donors (Lipinski definition) is 1. The van der Waals surface area contributed by atoms with E-state index in [9.17, 15) is 13.2 Å². The van der Waals surface area contributed by atoms with Crippen LogP contribution in [0.4, 0.5) is 5.69 Å². The zero-order valence-electron chi connectivity index (χ0n) is 15.9. The summed E-state index contributed by atoms with van der Waals surface area (Å²) < 4.78 is 37.3. The molecule has 0 heterocycles. The molecule has 2 aromatic carbocycles. The highest BCUT2D eigenvalue weighted by Gasteiger charge is 2.26. The van der Waals surface area contributed by atoms with Crippen LogP contribution in [0.3, 0.4) is 0 Å². The van der Waals surface area contributed by atoms with Crippen LogP contribution in [0.2, 0.25) is 0 Å². The van der Waals surface area contributed by atoms with Gasteiger partial charge in [0, 0.05) is 7.05 Å². The number of anilines is 1. The first kappa shape index (κ1) is 20.7. The number of nitrogens with zero attached hydrogens (tertiary/aromatic N) is 1. The van der Waals surface area contributed by atoms with E-state index >= 15 is 0 Å². The van der Waals surface area contributed by atoms with E-state index < -0.39 is 15.9 Å². The van der Waals surface area contributed by atoms with Gasteiger partial charge in [0.2, 0.25) is 15.9 Å². The molecular weight excluding hydrogens is 368 g/mol. The molecule has 0 saturated heterocycles. The van der Waals surface area contributed by atoms with E-state index in [-0.39, 0.29) is 17.2 Å². The van der Waals surface area contributed by atoms with E-state index in [1.807, 2.05) is 6.92 Å². The largest absolute Gasteiger partial charge is 0.495 e. The van der Waals surface area contributed by atoms with Gasteiger partial charge in [-0.3, -0.25) is 4.79 Å². The number of aryl methyl sites for hydroxylation is 1. The Hall–Kier alpha value is -2.58. The Kier molecular flexibility index (Phi) is 6.81. The first-order valence-electron chi connectivity index (χ1n) is 8.42. The third-order valence-corrected chi connectivity index (χ3v) is 5.66. The SMILES string of the molecule is CCOc1ccccc1NC(=O)CN(C)S(=O)(=O)c1cc(C)ccc1OC. The summed E-state index contributed by atoms with van der Waals surface area (Å²) in [6.45, 7) is 3.73. The van der Waals surface area contributed by atoms with Crippen molar-refractivity contribution in [1.82, 2.24) is 4.31 Å². The lowest BCUT2D eigenvalue weighted by molar-refractivity contribution is -0.116. The molecule has 2 aromatic rings. The topological polar surface area (TPSA) is 84.9 Å². The summed E-state index contributed by atoms with van der Waals surface area (Å²) in [5.74, 6) is 0.286. The van der Waals surface area contributed by atoms with Crippen LogP contribution in [0.5, 0.6) is 11.5 Å². The second-order valence-corrected chi connectivity index (χ2v) is 7.91. The summed E-state index contributed by atoms with van der Waals surface area (Å²) in [5.41, 5.74) is 1.26. The Morgan fingerprint density at radius 1 is 1.15 bits per heavy atom. The third kappa shape index (κ3) is 4.99. The molecule has 0 unspecified atom stereocenters. The molecule has 0 radical (unpaired) electrons. The lowest BCUT2D eigenvalue weighted by Crippen LogP contribution is -2.35. The van der Waals surface area contributed by atoms with Gasteiger partial charge in [-0.05, 0) is 43.7 Å². The maximum Gasteiger partial charge on any atom is 0.246 e. The van der Waals surface area contributed by atoms with Gasteiger partial charge in [0.25, 0.3) is 0 Å². The number of benzene rings is 2. The Morgan fingerprint density at radius 2 is 1.85 bits per heavy atom. The second kappa shape index (κ2) is 8.88. The van der Waals surface area contributed by atoms with Crippen LogP contribution in [-0.2, 0) is 14.8 Å². The van der Waals surface area contributed by atoms with Gasteiger partial charge < -0.3 is 14.8 Å². The molecule has 0 saturated carbocycles. The number of nitrogens with one attached hydrogen (secondary N) is 1. The molecule has 0 aliphatic carbocycles. The first-order chi connectivity index (χ1) is 12.8. The number of sulfonamides is 1. The molecule has 1 N–H and O–H groups in total. The van der Waals surface area contributed by atoms with Crippen molar-refractivity contribution in [3.8, 4) is 11.5 Å². The van der Waals surface area contributed by atoms with Crippen LogP contribution >= 0.6 is 0 Å². The van der Waals surface area contributed by atoms with Crippen molar-refractivity contribution < 1.29 is 22.7 Å². The molecule has 0 atom stereocenters. The van der Waals surface area contributed by atoms with Crippen molar-refractivity contribution in [1.29, 1.82) is 0 Å². The van der Waals surface area contributed by atoms with E-state index in [1.54, 1.807) is 43.3 Å². The normalized spacial score (nSPS) is 11.3. The van der Waals surface area contributed by atoms with Crippen molar-refractivity contribution in [2.75, 3.05) is 32.6 Å². The van der Waals surface area contributed by atoms with Crippen molar-refractivity contribution in [3.63, 3.8) is 0 Å². The second-order valence-electron chi connectivity index (χ2n) is 5.89. The summed E-state index contributed by atoms with van der Waals surface area (Å²) in [6.07, 6.45) is 0. The van der Waals surface area contributed by atoms with Crippen LogP contribution in [0.15, 0.2) is 47.4 Å². The highest BCUT2D eigenvalue weighted by Crippen LogP contribution is 2.27. The highest BCUT2D eigenvalue weighted by atomic mass is 32.2. The summed E-state index contributed by atoms with van der Waals surface area (Å²) >= 11 is 0. The average molecular weight is 392 g/mol. The number of para-hydroxylation sites is 2. The number of methoxy groups -OCH3 is 1. The minimum atomic E-state index is -3.90. The zero-order chi connectivity index (χ0) is 20.0. The number of rotatable bonds is 8. The van der Waals surface area contributed by atoms with Crippen molar-refractivity contribution in [2.45, 2.75) is 18.7 Å². The Morgan fingerprint density at radius 3 is 2.52 bits per heavy atom. The van der Waals surface area contributed by atoms with Gasteiger partial charge in [-0.15, -0.1) is 0 Å². The van der Waals surface area contributed by atoms with Crippen LogP contribution in [-0.4, -0.2) is 45.9 Å². The van der Waals surface area contributed by atoms with Gasteiger partial charge in [-0.2, -0.15) is 4.31 Å². The molecule has 0 aromatic heterocycles. The minimum absolute atomic E-state index is 0.0232. The molecular formula is C19H24N2O5S. The highest BCUT2D eigenvalue weighted by molar-refractivity contribution is 7.89. The number of carbonyl (C=O) groups excluding carboxylic acids is 1. The number of carbonyl (C=O) groups is 1. The third-order valence-electron chi connectivity index (χ3n) is 3.83. The fourth-order valence-electron chi connectivity index (χ4n) is 2.48. The molecule has 0 fully saturated rings. The molecule has 2 rings (SSSR count). The standard InChI is InChI=1S/C19H24N2O5S/c1-5-26-16-9-7-6-8-15(16)20-19(22)13-21(3)27(23,24)18-12-14(2)10-11-17(18)25-4/h6-12H,5,13H2,1-4H3,(H,20,22). The molecule has 0 aliphatic rings. The van der Waals surface area contributed by atoms with E-state index in [4.69, 9.17) is 9.47 Å². The summed E-state index contributed by atoms with van der Waals surface area (Å²) in [5, 5.41) is 2.69. The summed E-state index contributed by atoms with van der Waals surface area (Å²) in [4.78, 5) is 12.4. The van der Waals surface area contributed by atoms with Crippen molar-refractivity contribution >= 4 is 21.6 Å². The molecule has 0 spiro atoms. The number of likely N-dealkylation sites (N-methyl/N-ethyl adjacent to an activating group) is 1. The van der Waals surface area contributed by atoms with Crippen LogP contribution < -0.4 is 14.8 Å². The van der Waals surface area contributed by atoms with Gasteiger partial charge in [0.1, 0.15) is 16.4 Å². The van der Waals surface area contributed by atoms with Gasteiger partial charge in [0.15, 0.2) is 0 Å². The van der Waals surface area contributed by atoms with E-state index in [0.29, 0.717) is 18.0 Å². The number of ether oxygens (including phenoxy) is 2. The van der Waals surface area contributed by atoms with Gasteiger partial charge in [-0.25, -0.2) is 8.42 Å². The molecule has 7 nitrogen and oxygen atoms in total. The maximum absolute atomic E-state index is 12.9. The smallest absolute Gasteiger partial charge is 0.246 e. The van der Waals surface area contributed by atoms with Crippen LogP contribution in [0.1, 0.15) is 12.5 Å². The van der Waals surface area contributed by atoms with E-state index in [1.165, 1.54) is 20.2 Å². The molecule has 0 aliphatic heterocycles. The minimum Gasteiger partial charge on any atom is -0.495 e. The number of hydrogen-bond acceptors (Lipinski definition) is 5. The quantitative estimate of drug-likeness (QED) is 0.747. The van der Waals surface area contributed by atoms with Crippen molar-refractivity contribution in [2.24, 2.45) is 0 Å². The predicted molar refractivity (Wildman–Crippen MR) is 104 cm³/mol.